The van der Waals surface area contributed by atoms with Crippen LogP contribution in [0.2, 0.25) is 10.0 Å². The molecule has 23 heavy (non-hydrogen) atoms. The third-order valence-corrected chi connectivity index (χ3v) is 9.66. The number of rotatable bonds is 3. The number of carbonyl (C=O) groups is 1. The van der Waals surface area contributed by atoms with Gasteiger partial charge in [-0.1, -0.05) is 84.8 Å². The van der Waals surface area contributed by atoms with Gasteiger partial charge in [-0.15, -0.1) is 0 Å². The lowest BCUT2D eigenvalue weighted by molar-refractivity contribution is -0.155. The maximum Gasteiger partial charge on any atom is 0.233 e. The van der Waals surface area contributed by atoms with E-state index in [0.717, 1.165) is 12.8 Å². The number of hydrogen-bond acceptors (Lipinski definition) is 2. The van der Waals surface area contributed by atoms with Gasteiger partial charge in [0.2, 0.25) is 5.91 Å². The molecule has 1 amide bonds. The molecule has 3 fully saturated rings. The number of alkyl halides is 3. The normalized spacial score (nSPS) is 34.3. The van der Waals surface area contributed by atoms with E-state index in [1.165, 1.54) is 6.20 Å². The molecule has 0 aromatic carbocycles. The second-order valence-corrected chi connectivity index (χ2v) is 11.6. The predicted molar refractivity (Wildman–Crippen MR) is 105 cm³/mol. The van der Waals surface area contributed by atoms with Crippen molar-refractivity contribution in [1.82, 2.24) is 4.98 Å². The lowest BCUT2D eigenvalue weighted by Gasteiger charge is -2.66. The second kappa shape index (κ2) is 5.83. The summed E-state index contributed by atoms with van der Waals surface area (Å²) in [7, 11) is 0. The van der Waals surface area contributed by atoms with Crippen LogP contribution in [0.1, 0.15) is 26.7 Å². The Morgan fingerprint density at radius 1 is 1.39 bits per heavy atom. The molecule has 0 radical (unpaired) electrons. The molecule has 3 atom stereocenters. The number of carbonyl (C=O) groups excluding carboxylic acids is 1. The summed E-state index contributed by atoms with van der Waals surface area (Å²) in [6.07, 6.45) is 3.26. The average Bonchev–Trinajstić information content (AvgIpc) is 2.91. The van der Waals surface area contributed by atoms with Gasteiger partial charge in [0.15, 0.2) is 5.82 Å². The second-order valence-electron chi connectivity index (χ2n) is 6.74. The molecule has 3 aliphatic carbocycles. The Morgan fingerprint density at radius 2 is 2.04 bits per heavy atom. The summed E-state index contributed by atoms with van der Waals surface area (Å²) >= 11 is 23.1. The van der Waals surface area contributed by atoms with E-state index in [1.54, 1.807) is 6.07 Å². The van der Waals surface area contributed by atoms with Crippen LogP contribution >= 0.6 is 71.0 Å². The Labute approximate surface area is 170 Å². The maximum absolute atomic E-state index is 13.1. The zero-order valence-electron chi connectivity index (χ0n) is 12.5. The molecule has 3 saturated carbocycles. The maximum atomic E-state index is 13.1. The Bertz CT molecular complexity index is 685. The van der Waals surface area contributed by atoms with Gasteiger partial charge in [-0.2, -0.15) is 0 Å². The summed E-state index contributed by atoms with van der Waals surface area (Å²) < 4.78 is 0.141. The Balaban J connectivity index is 1.92. The molecule has 0 unspecified atom stereocenters. The van der Waals surface area contributed by atoms with Crippen molar-refractivity contribution >= 4 is 82.7 Å². The number of halogens is 5. The lowest BCUT2D eigenvalue weighted by atomic mass is 9.43. The third kappa shape index (κ3) is 2.17. The van der Waals surface area contributed by atoms with Crippen LogP contribution in [0, 0.1) is 16.2 Å². The van der Waals surface area contributed by atoms with Gasteiger partial charge in [-0.25, -0.2) is 4.98 Å². The number of amides is 1. The molecule has 126 valence electrons. The van der Waals surface area contributed by atoms with Crippen molar-refractivity contribution in [2.24, 2.45) is 16.2 Å². The first-order valence-corrected chi connectivity index (χ1v) is 10.7. The average molecular weight is 550 g/mol. The first kappa shape index (κ1) is 18.4. The van der Waals surface area contributed by atoms with Gasteiger partial charge in [0, 0.05) is 16.4 Å². The van der Waals surface area contributed by atoms with Crippen LogP contribution in [0.25, 0.3) is 0 Å². The molecule has 4 rings (SSSR count). The number of anilines is 1. The van der Waals surface area contributed by atoms with Crippen LogP contribution in [0.3, 0.4) is 0 Å². The van der Waals surface area contributed by atoms with E-state index in [2.05, 4.69) is 71.9 Å². The molecule has 3 nitrogen and oxygen atoms in total. The zero-order chi connectivity index (χ0) is 17.2. The number of nitrogens with one attached hydrogen (secondary N) is 1. The molecule has 1 heterocycles. The predicted octanol–water partition coefficient (Wildman–Crippen LogP) is 6.01. The highest BCUT2D eigenvalue weighted by Crippen LogP contribution is 2.82. The first-order valence-electron chi connectivity index (χ1n) is 7.16. The highest BCUT2D eigenvalue weighted by atomic mass is 79.9. The largest absolute Gasteiger partial charge is 0.309 e. The molecular formula is C15H15Br3Cl2N2O. The Hall–Kier alpha value is 0.640. The highest BCUT2D eigenvalue weighted by molar-refractivity contribution is 9.24. The van der Waals surface area contributed by atoms with Crippen LogP contribution in [0.5, 0.6) is 0 Å². The van der Waals surface area contributed by atoms with Gasteiger partial charge in [0.1, 0.15) is 0 Å². The smallest absolute Gasteiger partial charge is 0.233 e. The van der Waals surface area contributed by atoms with Crippen molar-refractivity contribution in [3.05, 3.63) is 22.3 Å². The molecule has 0 spiro atoms. The van der Waals surface area contributed by atoms with Crippen LogP contribution in [0.15, 0.2) is 12.3 Å². The number of pyridine rings is 1. The number of hydrogen-bond donors (Lipinski definition) is 1. The fourth-order valence-corrected chi connectivity index (χ4v) is 9.77. The Morgan fingerprint density at radius 3 is 2.52 bits per heavy atom. The van der Waals surface area contributed by atoms with Gasteiger partial charge in [0.25, 0.3) is 0 Å². The fraction of sp³-hybridized carbons (Fsp3) is 0.600. The molecule has 1 N–H and O–H groups in total. The molecule has 3 aliphatic rings. The molecule has 1 aromatic heterocycles. The summed E-state index contributed by atoms with van der Waals surface area (Å²) in [5, 5.41) is 3.68. The minimum Gasteiger partial charge on any atom is -0.309 e. The molecular weight excluding hydrogens is 535 g/mol. The summed E-state index contributed by atoms with van der Waals surface area (Å²) in [6.45, 7) is 4.31. The number of nitrogens with zero attached hydrogens (tertiary/aromatic N) is 1. The van der Waals surface area contributed by atoms with Gasteiger partial charge in [-0.3, -0.25) is 4.79 Å². The van der Waals surface area contributed by atoms with E-state index in [-0.39, 0.29) is 25.3 Å². The quantitative estimate of drug-likeness (QED) is 0.469. The van der Waals surface area contributed by atoms with Crippen molar-refractivity contribution in [3.63, 3.8) is 0 Å². The monoisotopic (exact) mass is 546 g/mol. The molecule has 8 heteroatoms. The standard InChI is InChI=1S/C15H15Br3Cl2N2O/c1-13(2)14(11(17)18)3-4-15(13,10(14)16)12(23)22-9-8(20)5-7(19)6-21-9/h5-6,10-11H,3-4H2,1-2H3,(H,21,22,23)/t10-,14-,15-/m0/s1. The van der Waals surface area contributed by atoms with Gasteiger partial charge >= 0.3 is 0 Å². The minimum absolute atomic E-state index is 0.0123. The van der Waals surface area contributed by atoms with Crippen molar-refractivity contribution in [2.45, 2.75) is 35.3 Å². The summed E-state index contributed by atoms with van der Waals surface area (Å²) in [5.41, 5.74) is -0.673. The zero-order valence-corrected chi connectivity index (χ0v) is 18.7. The Kier molecular flexibility index (Phi) is 4.67. The van der Waals surface area contributed by atoms with Crippen molar-refractivity contribution < 1.29 is 4.79 Å². The van der Waals surface area contributed by atoms with E-state index < -0.39 is 5.41 Å². The van der Waals surface area contributed by atoms with E-state index >= 15 is 0 Å². The third-order valence-electron chi connectivity index (χ3n) is 5.93. The summed E-state index contributed by atoms with van der Waals surface area (Å²) in [4.78, 5) is 17.3. The summed E-state index contributed by atoms with van der Waals surface area (Å²) in [6, 6.07) is 1.58. The van der Waals surface area contributed by atoms with E-state index in [0.29, 0.717) is 15.9 Å². The van der Waals surface area contributed by atoms with E-state index in [1.807, 2.05) is 0 Å². The lowest BCUT2D eigenvalue weighted by Crippen LogP contribution is -2.71. The number of aromatic nitrogens is 1. The minimum atomic E-state index is -0.489. The van der Waals surface area contributed by atoms with Gasteiger partial charge < -0.3 is 5.32 Å². The molecule has 0 saturated heterocycles. The summed E-state index contributed by atoms with van der Waals surface area (Å²) in [5.74, 6) is 0.305. The molecule has 2 bridgehead atoms. The SMILES string of the molecule is CC1(C)[C@@]2(C(=O)Nc3ncc(Cl)cc3Cl)CC[C@@]1(C(Br)Br)[C@@H]2Br. The molecule has 0 aliphatic heterocycles. The highest BCUT2D eigenvalue weighted by Gasteiger charge is 2.83. The van der Waals surface area contributed by atoms with Crippen molar-refractivity contribution in [1.29, 1.82) is 0 Å². The first-order chi connectivity index (χ1) is 10.6. The van der Waals surface area contributed by atoms with E-state index in [9.17, 15) is 4.79 Å². The number of fused-ring (bicyclic) bond motifs is 1. The van der Waals surface area contributed by atoms with Gasteiger partial charge in [-0.05, 0) is 24.3 Å². The van der Waals surface area contributed by atoms with Crippen molar-refractivity contribution in [2.75, 3.05) is 5.32 Å². The topological polar surface area (TPSA) is 42.0 Å². The van der Waals surface area contributed by atoms with Crippen LogP contribution in [-0.2, 0) is 4.79 Å². The fourth-order valence-electron chi connectivity index (χ4n) is 4.42. The van der Waals surface area contributed by atoms with Crippen LogP contribution in [-0.4, -0.2) is 19.5 Å². The van der Waals surface area contributed by atoms with Crippen LogP contribution < -0.4 is 5.32 Å². The van der Waals surface area contributed by atoms with E-state index in [4.69, 9.17) is 23.2 Å². The molecule has 1 aromatic rings. The van der Waals surface area contributed by atoms with Crippen molar-refractivity contribution in [3.8, 4) is 0 Å². The van der Waals surface area contributed by atoms with Gasteiger partial charge in [0.05, 0.1) is 19.2 Å². The van der Waals surface area contributed by atoms with Crippen LogP contribution in [0.4, 0.5) is 5.82 Å².